The van der Waals surface area contributed by atoms with Gasteiger partial charge in [-0.1, -0.05) is 24.6 Å². The van der Waals surface area contributed by atoms with E-state index in [1.807, 2.05) is 6.92 Å². The van der Waals surface area contributed by atoms with Gasteiger partial charge in [-0.2, -0.15) is 0 Å². The third kappa shape index (κ3) is 6.10. The summed E-state index contributed by atoms with van der Waals surface area (Å²) in [7, 11) is -0.921. The summed E-state index contributed by atoms with van der Waals surface area (Å²) in [5.41, 5.74) is 0.887. The minimum atomic E-state index is -1.07. The maximum atomic E-state index is 11.9. The van der Waals surface area contributed by atoms with Gasteiger partial charge in [0.05, 0.1) is 0 Å². The molecular weight excluding hydrogens is 314 g/mol. The molecule has 5 nitrogen and oxygen atoms in total. The highest BCUT2D eigenvalue weighted by molar-refractivity contribution is 7.84. The topological polar surface area (TPSA) is 83.5 Å². The molecule has 1 atom stereocenters. The molecule has 0 spiro atoms. The standard InChI is InChI=1S/C14H16ClNO4S/c1-2-21(20)8-7-16-14(19)11-4-3-10(12(15)9-11)5-6-13(17)18/h3-6,9H,2,7-8H2,1H3,(H,16,19)(H,17,18)/b6-5+. The van der Waals surface area contributed by atoms with Gasteiger partial charge in [-0.25, -0.2) is 4.79 Å². The Balaban J connectivity index is 2.68. The van der Waals surface area contributed by atoms with Crippen molar-refractivity contribution in [3.8, 4) is 0 Å². The zero-order chi connectivity index (χ0) is 15.8. The largest absolute Gasteiger partial charge is 0.478 e. The summed E-state index contributed by atoms with van der Waals surface area (Å²) in [6, 6.07) is 4.59. The van der Waals surface area contributed by atoms with Crippen molar-refractivity contribution in [3.05, 3.63) is 40.4 Å². The average molecular weight is 330 g/mol. The van der Waals surface area contributed by atoms with Gasteiger partial charge in [-0.15, -0.1) is 0 Å². The third-order valence-corrected chi connectivity index (χ3v) is 4.24. The van der Waals surface area contributed by atoms with Crippen molar-refractivity contribution in [2.45, 2.75) is 6.92 Å². The fourth-order valence-electron chi connectivity index (χ4n) is 1.49. The number of rotatable bonds is 7. The SMILES string of the molecule is CCS(=O)CCNC(=O)c1ccc(/C=C/C(=O)O)c(Cl)c1. The lowest BCUT2D eigenvalue weighted by Gasteiger charge is -2.06. The first-order chi connectivity index (χ1) is 9.93. The van der Waals surface area contributed by atoms with Crippen molar-refractivity contribution in [3.63, 3.8) is 0 Å². The van der Waals surface area contributed by atoms with Crippen LogP contribution >= 0.6 is 11.6 Å². The Morgan fingerprint density at radius 3 is 2.71 bits per heavy atom. The van der Waals surface area contributed by atoms with Gasteiger partial charge in [0.25, 0.3) is 5.91 Å². The number of nitrogens with one attached hydrogen (secondary N) is 1. The Hall–Kier alpha value is -1.66. The summed E-state index contributed by atoms with van der Waals surface area (Å²) in [6.07, 6.45) is 2.33. The summed E-state index contributed by atoms with van der Waals surface area (Å²) < 4.78 is 11.2. The second kappa shape index (κ2) is 8.59. The predicted octanol–water partition coefficient (Wildman–Crippen LogP) is 1.94. The number of benzene rings is 1. The van der Waals surface area contributed by atoms with E-state index in [9.17, 15) is 13.8 Å². The fourth-order valence-corrected chi connectivity index (χ4v) is 2.35. The molecule has 7 heteroatoms. The second-order valence-corrected chi connectivity index (χ2v) is 6.37. The molecule has 1 rings (SSSR count). The first-order valence-electron chi connectivity index (χ1n) is 6.27. The van der Waals surface area contributed by atoms with E-state index in [4.69, 9.17) is 16.7 Å². The van der Waals surface area contributed by atoms with Crippen LogP contribution < -0.4 is 5.32 Å². The van der Waals surface area contributed by atoms with Gasteiger partial charge in [0.15, 0.2) is 0 Å². The highest BCUT2D eigenvalue weighted by Crippen LogP contribution is 2.19. The summed E-state index contributed by atoms with van der Waals surface area (Å²) in [6.45, 7) is 2.15. The second-order valence-electron chi connectivity index (χ2n) is 4.10. The number of carbonyl (C=O) groups excluding carboxylic acids is 1. The molecule has 0 aliphatic rings. The van der Waals surface area contributed by atoms with Crippen LogP contribution in [0, 0.1) is 0 Å². The summed E-state index contributed by atoms with van der Waals surface area (Å²) in [4.78, 5) is 22.3. The van der Waals surface area contributed by atoms with E-state index in [1.165, 1.54) is 12.1 Å². The first kappa shape index (κ1) is 17.4. The molecule has 0 saturated carbocycles. The van der Waals surface area contributed by atoms with Gasteiger partial charge in [-0.3, -0.25) is 9.00 Å². The van der Waals surface area contributed by atoms with Gasteiger partial charge in [0.2, 0.25) is 0 Å². The van der Waals surface area contributed by atoms with Crippen LogP contribution in [0.15, 0.2) is 24.3 Å². The monoisotopic (exact) mass is 329 g/mol. The Morgan fingerprint density at radius 2 is 2.14 bits per heavy atom. The molecular formula is C14H16ClNO4S. The van der Waals surface area contributed by atoms with E-state index in [1.54, 1.807) is 12.1 Å². The summed E-state index contributed by atoms with van der Waals surface area (Å²) in [5.74, 6) is -0.405. The Kier molecular flexibility index (Phi) is 7.11. The molecule has 0 aliphatic carbocycles. The lowest BCUT2D eigenvalue weighted by molar-refractivity contribution is -0.131. The Morgan fingerprint density at radius 1 is 1.43 bits per heavy atom. The number of halogens is 1. The maximum absolute atomic E-state index is 11.9. The van der Waals surface area contributed by atoms with E-state index in [2.05, 4.69) is 5.32 Å². The van der Waals surface area contributed by atoms with Crippen LogP contribution in [0.5, 0.6) is 0 Å². The van der Waals surface area contributed by atoms with E-state index >= 15 is 0 Å². The molecule has 0 fully saturated rings. The van der Waals surface area contributed by atoms with E-state index in [0.717, 1.165) is 6.08 Å². The Labute approximate surface area is 130 Å². The quantitative estimate of drug-likeness (QED) is 0.749. The number of carboxylic acids is 1. The molecule has 0 heterocycles. The first-order valence-corrected chi connectivity index (χ1v) is 8.14. The molecule has 0 saturated heterocycles. The van der Waals surface area contributed by atoms with Gasteiger partial charge >= 0.3 is 5.97 Å². The molecule has 0 radical (unpaired) electrons. The normalized spacial score (nSPS) is 12.3. The lowest BCUT2D eigenvalue weighted by atomic mass is 10.1. The molecule has 21 heavy (non-hydrogen) atoms. The van der Waals surface area contributed by atoms with Crippen molar-refractivity contribution in [2.75, 3.05) is 18.1 Å². The van der Waals surface area contributed by atoms with Gasteiger partial charge in [0, 0.05) is 45.5 Å². The summed E-state index contributed by atoms with van der Waals surface area (Å²) in [5, 5.41) is 11.5. The smallest absolute Gasteiger partial charge is 0.328 e. The van der Waals surface area contributed by atoms with Gasteiger partial charge in [0.1, 0.15) is 0 Å². The van der Waals surface area contributed by atoms with Crippen molar-refractivity contribution in [1.82, 2.24) is 5.32 Å². The average Bonchev–Trinajstić information content (AvgIpc) is 2.45. The zero-order valence-electron chi connectivity index (χ0n) is 11.5. The number of hydrogen-bond donors (Lipinski definition) is 2. The van der Waals surface area contributed by atoms with Crippen LogP contribution in [0.4, 0.5) is 0 Å². The van der Waals surface area contributed by atoms with E-state index < -0.39 is 16.8 Å². The minimum Gasteiger partial charge on any atom is -0.478 e. The Bertz CT molecular complexity index is 586. The number of carboxylic acid groups (broad SMARTS) is 1. The molecule has 1 aromatic rings. The van der Waals surface area contributed by atoms with Crippen molar-refractivity contribution < 1.29 is 18.9 Å². The predicted molar refractivity (Wildman–Crippen MR) is 84.0 cm³/mol. The number of hydrogen-bond acceptors (Lipinski definition) is 3. The molecule has 0 aromatic heterocycles. The fraction of sp³-hybridized carbons (Fsp3) is 0.286. The van der Waals surface area contributed by atoms with Crippen LogP contribution in [-0.4, -0.2) is 39.2 Å². The zero-order valence-corrected chi connectivity index (χ0v) is 13.0. The molecule has 1 amide bonds. The number of carbonyl (C=O) groups is 2. The number of aliphatic carboxylic acids is 1. The van der Waals surface area contributed by atoms with Crippen LogP contribution in [0.1, 0.15) is 22.8 Å². The van der Waals surface area contributed by atoms with Crippen molar-refractivity contribution in [1.29, 1.82) is 0 Å². The molecule has 1 aromatic carbocycles. The van der Waals surface area contributed by atoms with E-state index in [0.29, 0.717) is 29.2 Å². The molecule has 2 N–H and O–H groups in total. The molecule has 1 unspecified atom stereocenters. The molecule has 0 aliphatic heterocycles. The molecule has 0 bridgehead atoms. The minimum absolute atomic E-state index is 0.289. The van der Waals surface area contributed by atoms with Crippen LogP contribution in [-0.2, 0) is 15.6 Å². The lowest BCUT2D eigenvalue weighted by Crippen LogP contribution is -2.28. The highest BCUT2D eigenvalue weighted by Gasteiger charge is 2.08. The van der Waals surface area contributed by atoms with Gasteiger partial charge < -0.3 is 10.4 Å². The maximum Gasteiger partial charge on any atom is 0.328 e. The van der Waals surface area contributed by atoms with Crippen LogP contribution in [0.3, 0.4) is 0 Å². The van der Waals surface area contributed by atoms with E-state index in [-0.39, 0.29) is 10.9 Å². The van der Waals surface area contributed by atoms with Crippen LogP contribution in [0.2, 0.25) is 5.02 Å². The number of amides is 1. The van der Waals surface area contributed by atoms with Crippen molar-refractivity contribution in [2.24, 2.45) is 0 Å². The molecule has 114 valence electrons. The van der Waals surface area contributed by atoms with Gasteiger partial charge in [-0.05, 0) is 23.8 Å². The van der Waals surface area contributed by atoms with Crippen molar-refractivity contribution >= 4 is 40.4 Å². The van der Waals surface area contributed by atoms with Crippen LogP contribution in [0.25, 0.3) is 6.08 Å². The highest BCUT2D eigenvalue weighted by atomic mass is 35.5. The summed E-state index contributed by atoms with van der Waals surface area (Å²) >= 11 is 5.99. The third-order valence-electron chi connectivity index (χ3n) is 2.61.